The SMILES string of the molecule is O=C(CCCc1ccccc1)C1CC1c1ccccc1. The number of carbonyl (C=O) groups excluding carboxylic acids is 1. The van der Waals surface area contributed by atoms with Crippen LogP contribution in [0.5, 0.6) is 0 Å². The molecule has 0 radical (unpaired) electrons. The van der Waals surface area contributed by atoms with Gasteiger partial charge >= 0.3 is 0 Å². The van der Waals surface area contributed by atoms with E-state index in [1.807, 2.05) is 12.1 Å². The fourth-order valence-electron chi connectivity index (χ4n) is 2.92. The Hall–Kier alpha value is -1.89. The minimum Gasteiger partial charge on any atom is -0.299 e. The van der Waals surface area contributed by atoms with Crippen molar-refractivity contribution in [2.24, 2.45) is 5.92 Å². The molecule has 1 nitrogen and oxygen atoms in total. The van der Waals surface area contributed by atoms with Crippen LogP contribution in [-0.2, 0) is 11.2 Å². The maximum absolute atomic E-state index is 12.2. The molecule has 0 bridgehead atoms. The molecule has 1 aliphatic rings. The van der Waals surface area contributed by atoms with E-state index in [4.69, 9.17) is 0 Å². The first-order valence-corrected chi connectivity index (χ1v) is 7.46. The van der Waals surface area contributed by atoms with Crippen LogP contribution in [0.2, 0.25) is 0 Å². The van der Waals surface area contributed by atoms with Gasteiger partial charge in [-0.2, -0.15) is 0 Å². The quantitative estimate of drug-likeness (QED) is 0.756. The summed E-state index contributed by atoms with van der Waals surface area (Å²) in [7, 11) is 0. The molecule has 0 amide bonds. The summed E-state index contributed by atoms with van der Waals surface area (Å²) in [5, 5.41) is 0. The standard InChI is InChI=1S/C19H20O/c20-19(13-7-10-15-8-3-1-4-9-15)18-14-17(18)16-11-5-2-6-12-16/h1-6,8-9,11-12,17-18H,7,10,13-14H2. The lowest BCUT2D eigenvalue weighted by Crippen LogP contribution is -2.03. The van der Waals surface area contributed by atoms with Gasteiger partial charge in [-0.1, -0.05) is 60.7 Å². The van der Waals surface area contributed by atoms with Gasteiger partial charge in [0.05, 0.1) is 0 Å². The molecule has 0 saturated heterocycles. The molecule has 0 spiro atoms. The van der Waals surface area contributed by atoms with E-state index in [-0.39, 0.29) is 5.92 Å². The fourth-order valence-corrected chi connectivity index (χ4v) is 2.92. The predicted octanol–water partition coefficient (Wildman–Crippen LogP) is 4.38. The molecule has 102 valence electrons. The number of aryl methyl sites for hydroxylation is 1. The highest BCUT2D eigenvalue weighted by Crippen LogP contribution is 2.48. The van der Waals surface area contributed by atoms with E-state index < -0.39 is 0 Å². The molecular weight excluding hydrogens is 244 g/mol. The van der Waals surface area contributed by atoms with E-state index in [1.165, 1.54) is 11.1 Å². The van der Waals surface area contributed by atoms with Gasteiger partial charge in [0.15, 0.2) is 0 Å². The topological polar surface area (TPSA) is 17.1 Å². The van der Waals surface area contributed by atoms with Crippen molar-refractivity contribution in [3.05, 3.63) is 71.8 Å². The van der Waals surface area contributed by atoms with E-state index in [0.717, 1.165) is 25.7 Å². The predicted molar refractivity (Wildman–Crippen MR) is 81.7 cm³/mol. The summed E-state index contributed by atoms with van der Waals surface area (Å²) in [5.41, 5.74) is 2.66. The molecule has 0 N–H and O–H groups in total. The lowest BCUT2D eigenvalue weighted by Gasteiger charge is -2.02. The molecule has 2 aromatic carbocycles. The molecule has 2 atom stereocenters. The molecule has 0 aliphatic heterocycles. The fraction of sp³-hybridized carbons (Fsp3) is 0.316. The number of carbonyl (C=O) groups is 1. The van der Waals surface area contributed by atoms with Crippen molar-refractivity contribution >= 4 is 5.78 Å². The third kappa shape index (κ3) is 3.16. The molecule has 20 heavy (non-hydrogen) atoms. The average Bonchev–Trinajstić information content (AvgIpc) is 3.30. The summed E-state index contributed by atoms with van der Waals surface area (Å²) in [6, 6.07) is 20.8. The molecule has 1 heteroatoms. The molecule has 1 fully saturated rings. The van der Waals surface area contributed by atoms with Gasteiger partial charge in [-0.15, -0.1) is 0 Å². The van der Waals surface area contributed by atoms with Gasteiger partial charge in [0, 0.05) is 12.3 Å². The van der Waals surface area contributed by atoms with Crippen LogP contribution in [0.1, 0.15) is 36.3 Å². The minimum atomic E-state index is 0.285. The summed E-state index contributed by atoms with van der Waals surface area (Å²) in [5.74, 6) is 1.23. The molecule has 1 aliphatic carbocycles. The van der Waals surface area contributed by atoms with Gasteiger partial charge < -0.3 is 0 Å². The van der Waals surface area contributed by atoms with Gasteiger partial charge in [-0.25, -0.2) is 0 Å². The van der Waals surface area contributed by atoms with Crippen LogP contribution in [0.15, 0.2) is 60.7 Å². The molecule has 2 aromatic rings. The summed E-state index contributed by atoms with van der Waals surface area (Å²) in [6.07, 6.45) is 3.76. The van der Waals surface area contributed by atoms with Crippen molar-refractivity contribution in [3.8, 4) is 0 Å². The van der Waals surface area contributed by atoms with Crippen molar-refractivity contribution in [2.45, 2.75) is 31.6 Å². The lowest BCUT2D eigenvalue weighted by atomic mass is 10.0. The smallest absolute Gasteiger partial charge is 0.136 e. The molecule has 0 heterocycles. The third-order valence-electron chi connectivity index (χ3n) is 4.16. The molecule has 2 unspecified atom stereocenters. The molecular formula is C19H20O. The molecule has 1 saturated carbocycles. The van der Waals surface area contributed by atoms with E-state index in [0.29, 0.717) is 11.7 Å². The Labute approximate surface area is 120 Å². The van der Waals surface area contributed by atoms with Crippen molar-refractivity contribution in [1.82, 2.24) is 0 Å². The van der Waals surface area contributed by atoms with Crippen molar-refractivity contribution in [3.63, 3.8) is 0 Å². The van der Waals surface area contributed by atoms with Gasteiger partial charge in [-0.3, -0.25) is 4.79 Å². The van der Waals surface area contributed by atoms with E-state index in [9.17, 15) is 4.79 Å². The highest BCUT2D eigenvalue weighted by Gasteiger charge is 2.42. The van der Waals surface area contributed by atoms with Gasteiger partial charge in [0.25, 0.3) is 0 Å². The average molecular weight is 264 g/mol. The van der Waals surface area contributed by atoms with E-state index >= 15 is 0 Å². The Morgan fingerprint density at radius 2 is 1.60 bits per heavy atom. The van der Waals surface area contributed by atoms with Crippen LogP contribution in [0.25, 0.3) is 0 Å². The first-order valence-electron chi connectivity index (χ1n) is 7.46. The zero-order valence-corrected chi connectivity index (χ0v) is 11.7. The van der Waals surface area contributed by atoms with Gasteiger partial charge in [0.2, 0.25) is 0 Å². The second-order valence-corrected chi connectivity index (χ2v) is 5.66. The van der Waals surface area contributed by atoms with Crippen molar-refractivity contribution in [2.75, 3.05) is 0 Å². The molecule has 3 rings (SSSR count). The Morgan fingerprint density at radius 3 is 2.30 bits per heavy atom. The van der Waals surface area contributed by atoms with Crippen molar-refractivity contribution in [1.29, 1.82) is 0 Å². The normalized spacial score (nSPS) is 20.6. The van der Waals surface area contributed by atoms with E-state index in [2.05, 4.69) is 48.5 Å². The Balaban J connectivity index is 1.45. The van der Waals surface area contributed by atoms with Crippen LogP contribution in [0.3, 0.4) is 0 Å². The van der Waals surface area contributed by atoms with Crippen LogP contribution >= 0.6 is 0 Å². The van der Waals surface area contributed by atoms with Crippen LogP contribution in [0, 0.1) is 5.92 Å². The maximum atomic E-state index is 12.2. The first-order chi connectivity index (χ1) is 9.84. The Bertz CT molecular complexity index is 559. The number of hydrogen-bond acceptors (Lipinski definition) is 1. The monoisotopic (exact) mass is 264 g/mol. The van der Waals surface area contributed by atoms with Crippen LogP contribution in [-0.4, -0.2) is 5.78 Å². The summed E-state index contributed by atoms with van der Waals surface area (Å²) >= 11 is 0. The highest BCUT2D eigenvalue weighted by atomic mass is 16.1. The second-order valence-electron chi connectivity index (χ2n) is 5.66. The number of Topliss-reactive ketones (excluding diaryl/α,β-unsaturated/α-hetero) is 1. The zero-order chi connectivity index (χ0) is 13.8. The second kappa shape index (κ2) is 6.04. The van der Waals surface area contributed by atoms with E-state index in [1.54, 1.807) is 0 Å². The number of hydrogen-bond donors (Lipinski definition) is 0. The molecule has 0 aromatic heterocycles. The number of rotatable bonds is 6. The largest absolute Gasteiger partial charge is 0.299 e. The van der Waals surface area contributed by atoms with Gasteiger partial charge in [0.1, 0.15) is 5.78 Å². The minimum absolute atomic E-state index is 0.285. The third-order valence-corrected chi connectivity index (χ3v) is 4.16. The van der Waals surface area contributed by atoms with Crippen molar-refractivity contribution < 1.29 is 4.79 Å². The maximum Gasteiger partial charge on any atom is 0.136 e. The summed E-state index contributed by atoms with van der Waals surface area (Å²) in [6.45, 7) is 0. The first kappa shape index (κ1) is 13.1. The number of ketones is 1. The lowest BCUT2D eigenvalue weighted by molar-refractivity contribution is -0.120. The highest BCUT2D eigenvalue weighted by molar-refractivity contribution is 5.85. The zero-order valence-electron chi connectivity index (χ0n) is 11.7. The summed E-state index contributed by atoms with van der Waals surface area (Å²) < 4.78 is 0. The Kier molecular flexibility index (Phi) is 3.96. The Morgan fingerprint density at radius 1 is 0.950 bits per heavy atom. The number of benzene rings is 2. The summed E-state index contributed by atoms with van der Waals surface area (Å²) in [4.78, 5) is 12.2. The van der Waals surface area contributed by atoms with Gasteiger partial charge in [-0.05, 0) is 36.3 Å². The van der Waals surface area contributed by atoms with Crippen LogP contribution < -0.4 is 0 Å². The van der Waals surface area contributed by atoms with Crippen LogP contribution in [0.4, 0.5) is 0 Å².